The third kappa shape index (κ3) is 8.21. The Morgan fingerprint density at radius 3 is 2.36 bits per heavy atom. The zero-order chi connectivity index (χ0) is 23.5. The lowest BCUT2D eigenvalue weighted by molar-refractivity contribution is -0.127. The number of guanidine groups is 1. The Morgan fingerprint density at radius 2 is 1.73 bits per heavy atom. The first-order chi connectivity index (χ1) is 16.0. The molecule has 2 aromatic rings. The fraction of sp³-hybridized carbons (Fsp3) is 0.481. The first-order valence-electron chi connectivity index (χ1n) is 12.1. The van der Waals surface area contributed by atoms with Crippen LogP contribution in [0.15, 0.2) is 65.7 Å². The number of benzene rings is 2. The number of hydrogen-bond donors (Lipinski definition) is 2. The van der Waals surface area contributed by atoms with Crippen molar-refractivity contribution in [2.45, 2.75) is 32.2 Å². The molecule has 6 nitrogen and oxygen atoms in total. The summed E-state index contributed by atoms with van der Waals surface area (Å²) in [4.78, 5) is 21.6. The summed E-state index contributed by atoms with van der Waals surface area (Å²) in [5.74, 6) is 1.40. The van der Waals surface area contributed by atoms with Crippen molar-refractivity contribution in [1.29, 1.82) is 0 Å². The molecule has 33 heavy (non-hydrogen) atoms. The maximum absolute atomic E-state index is 12.5. The number of hydrogen-bond acceptors (Lipinski definition) is 3. The lowest BCUT2D eigenvalue weighted by atomic mass is 10.1. The van der Waals surface area contributed by atoms with Crippen molar-refractivity contribution < 1.29 is 4.79 Å². The van der Waals surface area contributed by atoms with Gasteiger partial charge >= 0.3 is 0 Å². The molecule has 0 bridgehead atoms. The smallest absolute Gasteiger partial charge is 0.223 e. The van der Waals surface area contributed by atoms with E-state index in [-0.39, 0.29) is 5.91 Å². The molecule has 0 aliphatic carbocycles. The van der Waals surface area contributed by atoms with E-state index in [2.05, 4.69) is 91.1 Å². The summed E-state index contributed by atoms with van der Waals surface area (Å²) in [5.41, 5.74) is 2.60. The van der Waals surface area contributed by atoms with Crippen LogP contribution in [0.25, 0.3) is 0 Å². The molecule has 0 spiro atoms. The standard InChI is InChI=1S/C27H39N5O/c1-4-28-27(30-20-25(31(2)3)17-23-13-9-6-10-14-23)29-19-24-18-26(33)32(21-24)16-15-22-11-7-5-8-12-22/h5-14,24-25H,4,15-21H2,1-3H3,(H2,28,29,30). The molecule has 1 amide bonds. The Labute approximate surface area is 199 Å². The number of nitrogens with one attached hydrogen (secondary N) is 2. The Hall–Kier alpha value is -2.86. The van der Waals surface area contributed by atoms with E-state index in [9.17, 15) is 4.79 Å². The molecule has 0 radical (unpaired) electrons. The fourth-order valence-electron chi connectivity index (χ4n) is 4.19. The molecule has 178 valence electrons. The highest BCUT2D eigenvalue weighted by atomic mass is 16.2. The highest BCUT2D eigenvalue weighted by molar-refractivity contribution is 5.81. The summed E-state index contributed by atoms with van der Waals surface area (Å²) in [6.45, 7) is 5.96. The van der Waals surface area contributed by atoms with Crippen molar-refractivity contribution in [3.05, 3.63) is 71.8 Å². The topological polar surface area (TPSA) is 60.0 Å². The van der Waals surface area contributed by atoms with Crippen LogP contribution in [0, 0.1) is 5.92 Å². The second kappa shape index (κ2) is 13.0. The van der Waals surface area contributed by atoms with Crippen LogP contribution in [0.4, 0.5) is 0 Å². The van der Waals surface area contributed by atoms with Gasteiger partial charge in [-0.2, -0.15) is 0 Å². The Balaban J connectivity index is 1.49. The second-order valence-corrected chi connectivity index (χ2v) is 9.05. The number of likely N-dealkylation sites (N-methyl/N-ethyl adjacent to an activating group) is 1. The van der Waals surface area contributed by atoms with E-state index in [1.54, 1.807) is 0 Å². The van der Waals surface area contributed by atoms with E-state index in [0.717, 1.165) is 45.0 Å². The molecule has 6 heteroatoms. The number of likely N-dealkylation sites (tertiary alicyclic amines) is 1. The molecule has 2 aromatic carbocycles. The molecule has 2 N–H and O–H groups in total. The minimum absolute atomic E-state index is 0.259. The van der Waals surface area contributed by atoms with Gasteiger partial charge in [-0.05, 0) is 45.0 Å². The summed E-state index contributed by atoms with van der Waals surface area (Å²) in [7, 11) is 4.22. The second-order valence-electron chi connectivity index (χ2n) is 9.05. The maximum atomic E-state index is 12.5. The summed E-state index contributed by atoms with van der Waals surface area (Å²) in [5, 5.41) is 6.83. The van der Waals surface area contributed by atoms with Gasteiger partial charge in [0.1, 0.15) is 0 Å². The number of carbonyl (C=O) groups excluding carboxylic acids is 1. The van der Waals surface area contributed by atoms with Gasteiger partial charge in [0.05, 0.1) is 6.54 Å². The van der Waals surface area contributed by atoms with Crippen LogP contribution >= 0.6 is 0 Å². The molecular weight excluding hydrogens is 410 g/mol. The molecule has 2 atom stereocenters. The first kappa shape index (κ1) is 24.8. The van der Waals surface area contributed by atoms with Gasteiger partial charge in [-0.15, -0.1) is 0 Å². The lowest BCUT2D eigenvalue weighted by Crippen LogP contribution is -2.42. The summed E-state index contributed by atoms with van der Waals surface area (Å²) in [6, 6.07) is 21.3. The Bertz CT molecular complexity index is 869. The van der Waals surface area contributed by atoms with Crippen LogP contribution in [0.1, 0.15) is 24.5 Å². The van der Waals surface area contributed by atoms with E-state index in [1.807, 2.05) is 11.0 Å². The zero-order valence-electron chi connectivity index (χ0n) is 20.3. The maximum Gasteiger partial charge on any atom is 0.223 e. The van der Waals surface area contributed by atoms with E-state index in [0.29, 0.717) is 24.9 Å². The van der Waals surface area contributed by atoms with Gasteiger partial charge in [-0.25, -0.2) is 0 Å². The minimum Gasteiger partial charge on any atom is -0.357 e. The fourth-order valence-corrected chi connectivity index (χ4v) is 4.19. The largest absolute Gasteiger partial charge is 0.357 e. The molecule has 1 aliphatic rings. The average Bonchev–Trinajstić information content (AvgIpc) is 3.19. The van der Waals surface area contributed by atoms with Gasteiger partial charge < -0.3 is 20.4 Å². The van der Waals surface area contributed by atoms with Crippen molar-refractivity contribution in [1.82, 2.24) is 20.4 Å². The molecule has 3 rings (SSSR count). The third-order valence-corrected chi connectivity index (χ3v) is 6.21. The van der Waals surface area contributed by atoms with Gasteiger partial charge in [0.2, 0.25) is 5.91 Å². The molecular formula is C27H39N5O. The van der Waals surface area contributed by atoms with Crippen LogP contribution in [-0.4, -0.2) is 74.5 Å². The van der Waals surface area contributed by atoms with Crippen LogP contribution < -0.4 is 10.6 Å². The Kier molecular flexibility index (Phi) is 9.76. The van der Waals surface area contributed by atoms with E-state index >= 15 is 0 Å². The van der Waals surface area contributed by atoms with Gasteiger partial charge in [0.25, 0.3) is 0 Å². The monoisotopic (exact) mass is 449 g/mol. The van der Waals surface area contributed by atoms with Crippen molar-refractivity contribution >= 4 is 11.9 Å². The van der Waals surface area contributed by atoms with Gasteiger partial charge in [0, 0.05) is 44.6 Å². The molecule has 1 fully saturated rings. The van der Waals surface area contributed by atoms with Crippen LogP contribution in [0.5, 0.6) is 0 Å². The molecule has 1 heterocycles. The molecule has 0 saturated carbocycles. The van der Waals surface area contributed by atoms with Crippen LogP contribution in [0.3, 0.4) is 0 Å². The molecule has 1 aliphatic heterocycles. The van der Waals surface area contributed by atoms with Gasteiger partial charge in [-0.3, -0.25) is 9.79 Å². The molecule has 0 aromatic heterocycles. The highest BCUT2D eigenvalue weighted by Crippen LogP contribution is 2.17. The van der Waals surface area contributed by atoms with E-state index in [4.69, 9.17) is 4.99 Å². The highest BCUT2D eigenvalue weighted by Gasteiger charge is 2.29. The summed E-state index contributed by atoms with van der Waals surface area (Å²) >= 11 is 0. The SMILES string of the molecule is CCNC(=NCC(Cc1ccccc1)N(C)C)NCC1CC(=O)N(CCc2ccccc2)C1. The normalized spacial score (nSPS) is 17.5. The average molecular weight is 450 g/mol. The van der Waals surface area contributed by atoms with Gasteiger partial charge in [0.15, 0.2) is 5.96 Å². The zero-order valence-corrected chi connectivity index (χ0v) is 20.3. The first-order valence-corrected chi connectivity index (χ1v) is 12.1. The summed E-state index contributed by atoms with van der Waals surface area (Å²) in [6.07, 6.45) is 2.48. The Morgan fingerprint density at radius 1 is 1.06 bits per heavy atom. The lowest BCUT2D eigenvalue weighted by Gasteiger charge is -2.23. The third-order valence-electron chi connectivity index (χ3n) is 6.21. The molecule has 2 unspecified atom stereocenters. The number of rotatable bonds is 11. The number of amides is 1. The van der Waals surface area contributed by atoms with Crippen molar-refractivity contribution in [2.24, 2.45) is 10.9 Å². The van der Waals surface area contributed by atoms with Crippen LogP contribution in [0.2, 0.25) is 0 Å². The van der Waals surface area contributed by atoms with Gasteiger partial charge in [-0.1, -0.05) is 60.7 Å². The molecule has 1 saturated heterocycles. The van der Waals surface area contributed by atoms with Crippen LogP contribution in [-0.2, 0) is 17.6 Å². The van der Waals surface area contributed by atoms with Crippen molar-refractivity contribution in [2.75, 3.05) is 46.8 Å². The number of nitrogens with zero attached hydrogens (tertiary/aromatic N) is 3. The van der Waals surface area contributed by atoms with E-state index < -0.39 is 0 Å². The van der Waals surface area contributed by atoms with Crippen molar-refractivity contribution in [3.63, 3.8) is 0 Å². The number of carbonyl (C=O) groups is 1. The van der Waals surface area contributed by atoms with Crippen molar-refractivity contribution in [3.8, 4) is 0 Å². The number of aliphatic imine (C=N–C) groups is 1. The quantitative estimate of drug-likeness (QED) is 0.409. The van der Waals surface area contributed by atoms with E-state index in [1.165, 1.54) is 11.1 Å². The predicted octanol–water partition coefficient (Wildman–Crippen LogP) is 2.81. The minimum atomic E-state index is 0.259. The predicted molar refractivity (Wildman–Crippen MR) is 136 cm³/mol. The summed E-state index contributed by atoms with van der Waals surface area (Å²) < 4.78 is 0.